The summed E-state index contributed by atoms with van der Waals surface area (Å²) in [6.07, 6.45) is 1.66. The van der Waals surface area contributed by atoms with Crippen LogP contribution in [0.2, 0.25) is 0 Å². The van der Waals surface area contributed by atoms with E-state index in [1.807, 2.05) is 55.5 Å². The number of ether oxygens (including phenoxy) is 2. The van der Waals surface area contributed by atoms with E-state index < -0.39 is 0 Å². The van der Waals surface area contributed by atoms with Crippen LogP contribution in [0.5, 0.6) is 11.5 Å². The topological polar surface area (TPSA) is 63.5 Å². The molecular formula is C20H21N3O3S. The number of methoxy groups -OCH3 is 2. The van der Waals surface area contributed by atoms with E-state index >= 15 is 0 Å². The molecule has 1 saturated heterocycles. The van der Waals surface area contributed by atoms with Crippen molar-refractivity contribution in [3.63, 3.8) is 0 Å². The van der Waals surface area contributed by atoms with E-state index in [4.69, 9.17) is 9.47 Å². The smallest absolute Gasteiger partial charge is 0.242 e. The molecule has 0 bridgehead atoms. The molecule has 1 aliphatic heterocycles. The first-order valence-corrected chi connectivity index (χ1v) is 9.34. The number of rotatable bonds is 6. The second-order valence-corrected chi connectivity index (χ2v) is 7.24. The summed E-state index contributed by atoms with van der Waals surface area (Å²) in [6.45, 7) is 2.33. The van der Waals surface area contributed by atoms with Crippen molar-refractivity contribution in [1.82, 2.24) is 4.90 Å². The molecule has 7 heteroatoms. The number of amides is 1. The second-order valence-electron chi connectivity index (χ2n) is 5.93. The predicted octanol–water partition coefficient (Wildman–Crippen LogP) is 3.56. The van der Waals surface area contributed by atoms with Gasteiger partial charge in [0.2, 0.25) is 5.91 Å². The van der Waals surface area contributed by atoms with Crippen molar-refractivity contribution in [3.05, 3.63) is 59.7 Å². The molecule has 0 radical (unpaired) electrons. The number of amidine groups is 1. The van der Waals surface area contributed by atoms with Crippen LogP contribution in [-0.4, -0.2) is 41.7 Å². The minimum atomic E-state index is -0.168. The van der Waals surface area contributed by atoms with E-state index in [1.165, 1.54) is 11.8 Å². The quantitative estimate of drug-likeness (QED) is 0.565. The van der Waals surface area contributed by atoms with Gasteiger partial charge in [-0.1, -0.05) is 23.9 Å². The van der Waals surface area contributed by atoms with Crippen molar-refractivity contribution in [2.75, 3.05) is 14.2 Å². The molecular weight excluding hydrogens is 362 g/mol. The molecule has 27 heavy (non-hydrogen) atoms. The van der Waals surface area contributed by atoms with Gasteiger partial charge in [0.1, 0.15) is 11.5 Å². The lowest BCUT2D eigenvalue weighted by molar-refractivity contribution is -0.126. The fourth-order valence-corrected chi connectivity index (χ4v) is 3.48. The Kier molecular flexibility index (Phi) is 6.13. The van der Waals surface area contributed by atoms with E-state index in [0.717, 1.165) is 22.6 Å². The van der Waals surface area contributed by atoms with Gasteiger partial charge in [-0.2, -0.15) is 5.10 Å². The third kappa shape index (κ3) is 4.68. The van der Waals surface area contributed by atoms with E-state index in [2.05, 4.69) is 10.2 Å². The Morgan fingerprint density at radius 3 is 2.22 bits per heavy atom. The molecule has 0 unspecified atom stereocenters. The van der Waals surface area contributed by atoms with Crippen molar-refractivity contribution in [2.45, 2.75) is 18.7 Å². The van der Waals surface area contributed by atoms with Crippen LogP contribution in [0, 0.1) is 0 Å². The molecule has 1 aliphatic rings. The summed E-state index contributed by atoms with van der Waals surface area (Å²) < 4.78 is 10.3. The van der Waals surface area contributed by atoms with Crippen LogP contribution in [0.25, 0.3) is 0 Å². The Bertz CT molecular complexity index is 848. The Hall–Kier alpha value is -2.80. The molecule has 1 heterocycles. The van der Waals surface area contributed by atoms with Crippen molar-refractivity contribution in [1.29, 1.82) is 0 Å². The van der Waals surface area contributed by atoms with Crippen molar-refractivity contribution >= 4 is 29.1 Å². The zero-order chi connectivity index (χ0) is 19.2. The normalized spacial score (nSPS) is 18.5. The molecule has 1 amide bonds. The molecule has 0 spiro atoms. The first kappa shape index (κ1) is 19.0. The number of hydrogen-bond acceptors (Lipinski definition) is 6. The Morgan fingerprint density at radius 1 is 1.04 bits per heavy atom. The van der Waals surface area contributed by atoms with Crippen LogP contribution in [0.4, 0.5) is 0 Å². The van der Waals surface area contributed by atoms with Gasteiger partial charge in [-0.25, -0.2) is 0 Å². The lowest BCUT2D eigenvalue weighted by Crippen LogP contribution is -2.30. The maximum atomic E-state index is 12.5. The number of carbonyl (C=O) groups excluding carboxylic acids is 1. The van der Waals surface area contributed by atoms with Gasteiger partial charge in [0.25, 0.3) is 0 Å². The first-order chi connectivity index (χ1) is 13.1. The van der Waals surface area contributed by atoms with Gasteiger partial charge in [-0.3, -0.25) is 9.69 Å². The van der Waals surface area contributed by atoms with Gasteiger partial charge in [0.05, 0.1) is 32.2 Å². The monoisotopic (exact) mass is 383 g/mol. The van der Waals surface area contributed by atoms with Crippen LogP contribution in [0.15, 0.2) is 58.7 Å². The summed E-state index contributed by atoms with van der Waals surface area (Å²) in [5.74, 6) is 1.61. The van der Waals surface area contributed by atoms with E-state index in [1.54, 1.807) is 25.3 Å². The largest absolute Gasteiger partial charge is 0.497 e. The molecule has 0 N–H and O–H groups in total. The fraction of sp³-hybridized carbons (Fsp3) is 0.250. The predicted molar refractivity (Wildman–Crippen MR) is 109 cm³/mol. The molecule has 0 saturated carbocycles. The highest BCUT2D eigenvalue weighted by Crippen LogP contribution is 2.28. The second kappa shape index (κ2) is 8.73. The summed E-state index contributed by atoms with van der Waals surface area (Å²) in [5.41, 5.74) is 1.91. The molecule has 0 aliphatic carbocycles. The van der Waals surface area contributed by atoms with Crippen LogP contribution in [-0.2, 0) is 11.3 Å². The molecule has 2 aromatic rings. The third-order valence-electron chi connectivity index (χ3n) is 4.09. The van der Waals surface area contributed by atoms with Gasteiger partial charge in [-0.15, -0.1) is 5.10 Å². The fourth-order valence-electron chi connectivity index (χ4n) is 2.56. The number of thioether (sulfide) groups is 1. The maximum absolute atomic E-state index is 12.5. The SMILES string of the molecule is COc1ccc(/C=N\N=C2/S[C@@H](C)C(=O)N2Cc2ccc(OC)cc2)cc1. The summed E-state index contributed by atoms with van der Waals surface area (Å²) >= 11 is 1.42. The van der Waals surface area contributed by atoms with Crippen molar-refractivity contribution in [3.8, 4) is 11.5 Å². The molecule has 2 aromatic carbocycles. The lowest BCUT2D eigenvalue weighted by atomic mass is 10.2. The highest BCUT2D eigenvalue weighted by Gasteiger charge is 2.35. The average Bonchev–Trinajstić information content (AvgIpc) is 2.97. The van der Waals surface area contributed by atoms with Gasteiger partial charge >= 0.3 is 0 Å². The molecule has 0 aromatic heterocycles. The summed E-state index contributed by atoms with van der Waals surface area (Å²) in [4.78, 5) is 14.1. The molecule has 1 fully saturated rings. The molecule has 3 rings (SSSR count). The van der Waals surface area contributed by atoms with Crippen LogP contribution >= 0.6 is 11.8 Å². The highest BCUT2D eigenvalue weighted by molar-refractivity contribution is 8.15. The van der Waals surface area contributed by atoms with E-state index in [0.29, 0.717) is 11.7 Å². The number of benzene rings is 2. The minimum Gasteiger partial charge on any atom is -0.497 e. The van der Waals surface area contributed by atoms with E-state index in [-0.39, 0.29) is 11.2 Å². The molecule has 140 valence electrons. The average molecular weight is 383 g/mol. The van der Waals surface area contributed by atoms with Crippen LogP contribution in [0.1, 0.15) is 18.1 Å². The number of nitrogens with zero attached hydrogens (tertiary/aromatic N) is 3. The van der Waals surface area contributed by atoms with E-state index in [9.17, 15) is 4.79 Å². The van der Waals surface area contributed by atoms with Crippen molar-refractivity contribution < 1.29 is 14.3 Å². The number of carbonyl (C=O) groups is 1. The van der Waals surface area contributed by atoms with Gasteiger partial charge in [0, 0.05) is 0 Å². The lowest BCUT2D eigenvalue weighted by Gasteiger charge is -2.15. The summed E-state index contributed by atoms with van der Waals surface area (Å²) in [6, 6.07) is 15.2. The standard InChI is InChI=1S/C20H21N3O3S/c1-14-19(24)23(13-16-6-10-18(26-3)11-7-16)20(27-14)22-21-12-15-4-8-17(25-2)9-5-15/h4-12,14H,13H2,1-3H3/b21-12-,22-20-/t14-/m0/s1. The summed E-state index contributed by atoms with van der Waals surface area (Å²) in [5, 5.41) is 8.86. The Labute approximate surface area is 162 Å². The summed E-state index contributed by atoms with van der Waals surface area (Å²) in [7, 11) is 3.25. The third-order valence-corrected chi connectivity index (χ3v) is 5.16. The van der Waals surface area contributed by atoms with Crippen LogP contribution in [0.3, 0.4) is 0 Å². The first-order valence-electron chi connectivity index (χ1n) is 8.46. The van der Waals surface area contributed by atoms with Gasteiger partial charge in [-0.05, 0) is 54.4 Å². The zero-order valence-corrected chi connectivity index (χ0v) is 16.3. The highest BCUT2D eigenvalue weighted by atomic mass is 32.2. The van der Waals surface area contributed by atoms with Gasteiger partial charge < -0.3 is 9.47 Å². The Morgan fingerprint density at radius 2 is 1.63 bits per heavy atom. The Balaban J connectivity index is 1.73. The maximum Gasteiger partial charge on any atom is 0.242 e. The van der Waals surface area contributed by atoms with Gasteiger partial charge in [0.15, 0.2) is 5.17 Å². The molecule has 6 nitrogen and oxygen atoms in total. The zero-order valence-electron chi connectivity index (χ0n) is 15.5. The van der Waals surface area contributed by atoms with Crippen molar-refractivity contribution in [2.24, 2.45) is 10.2 Å². The van der Waals surface area contributed by atoms with Crippen LogP contribution < -0.4 is 9.47 Å². The minimum absolute atomic E-state index is 0.0363. The molecule has 1 atom stereocenters. The number of hydrogen-bond donors (Lipinski definition) is 0.